The number of hydrogen-bond acceptors (Lipinski definition) is 2. The zero-order valence-corrected chi connectivity index (χ0v) is 13.1. The molecule has 2 bridgehead atoms. The van der Waals surface area contributed by atoms with E-state index >= 15 is 0 Å². The van der Waals surface area contributed by atoms with Gasteiger partial charge in [-0.1, -0.05) is 25.5 Å². The van der Waals surface area contributed by atoms with Crippen LogP contribution in [0.1, 0.15) is 54.9 Å². The maximum Gasteiger partial charge on any atom is 0.269 e. The average Bonchev–Trinajstić information content (AvgIpc) is 3.15. The number of amides is 2. The van der Waals surface area contributed by atoms with Gasteiger partial charge in [0.1, 0.15) is 0 Å². The van der Waals surface area contributed by atoms with Crippen molar-refractivity contribution in [1.29, 1.82) is 0 Å². The van der Waals surface area contributed by atoms with E-state index in [0.717, 1.165) is 18.3 Å². The lowest BCUT2D eigenvalue weighted by Crippen LogP contribution is -2.42. The third-order valence-electron chi connectivity index (χ3n) is 5.27. The van der Waals surface area contributed by atoms with Crippen LogP contribution in [0, 0.1) is 17.8 Å². The zero-order chi connectivity index (χ0) is 15.5. The molecule has 1 aromatic rings. The number of fused-ring (bicyclic) bond motifs is 2. The Morgan fingerprint density at radius 3 is 2.45 bits per heavy atom. The van der Waals surface area contributed by atoms with Crippen molar-refractivity contribution in [3.63, 3.8) is 0 Å². The summed E-state index contributed by atoms with van der Waals surface area (Å²) in [4.78, 5) is 24.0. The van der Waals surface area contributed by atoms with Gasteiger partial charge >= 0.3 is 0 Å². The van der Waals surface area contributed by atoms with Crippen molar-refractivity contribution in [3.8, 4) is 0 Å². The van der Waals surface area contributed by atoms with Crippen LogP contribution in [0.4, 0.5) is 0 Å². The van der Waals surface area contributed by atoms with Gasteiger partial charge in [0.15, 0.2) is 0 Å². The van der Waals surface area contributed by atoms with Gasteiger partial charge in [-0.2, -0.15) is 0 Å². The lowest BCUT2D eigenvalue weighted by atomic mass is 9.86. The van der Waals surface area contributed by atoms with Crippen molar-refractivity contribution < 1.29 is 9.59 Å². The van der Waals surface area contributed by atoms with Crippen LogP contribution in [-0.4, -0.2) is 11.8 Å². The maximum absolute atomic E-state index is 12.0. The Morgan fingerprint density at radius 1 is 1.09 bits per heavy atom. The first kappa shape index (κ1) is 15.1. The second kappa shape index (κ2) is 6.51. The van der Waals surface area contributed by atoms with Gasteiger partial charge < -0.3 is 0 Å². The highest BCUT2D eigenvalue weighted by Crippen LogP contribution is 2.49. The normalized spacial score (nSPS) is 26.0. The van der Waals surface area contributed by atoms with E-state index in [1.165, 1.54) is 31.2 Å². The molecule has 2 fully saturated rings. The Morgan fingerprint density at radius 2 is 1.86 bits per heavy atom. The SMILES string of the molecule is CCc1ccc(C(=O)NNC(=O)C[C@@H]2C[C@H]3CC[C@@H]2C3)cc1. The predicted octanol–water partition coefficient (Wildman–Crippen LogP) is 2.84. The zero-order valence-electron chi connectivity index (χ0n) is 13.1. The lowest BCUT2D eigenvalue weighted by Gasteiger charge is -2.20. The third-order valence-corrected chi connectivity index (χ3v) is 5.27. The second-order valence-electron chi connectivity index (χ2n) is 6.69. The van der Waals surface area contributed by atoms with Gasteiger partial charge in [-0.25, -0.2) is 0 Å². The minimum Gasteiger partial charge on any atom is -0.273 e. The average molecular weight is 300 g/mol. The van der Waals surface area contributed by atoms with Crippen LogP contribution < -0.4 is 10.9 Å². The summed E-state index contributed by atoms with van der Waals surface area (Å²) in [6.07, 6.45) is 6.59. The Bertz CT molecular complexity index is 553. The van der Waals surface area contributed by atoms with Gasteiger partial charge in [-0.15, -0.1) is 0 Å². The van der Waals surface area contributed by atoms with E-state index in [-0.39, 0.29) is 11.8 Å². The Balaban J connectivity index is 1.45. The van der Waals surface area contributed by atoms with Crippen molar-refractivity contribution in [2.75, 3.05) is 0 Å². The molecule has 4 heteroatoms. The fourth-order valence-corrected chi connectivity index (χ4v) is 4.01. The molecule has 0 saturated heterocycles. The molecule has 0 unspecified atom stereocenters. The molecule has 118 valence electrons. The largest absolute Gasteiger partial charge is 0.273 e. The van der Waals surface area contributed by atoms with Crippen molar-refractivity contribution in [2.24, 2.45) is 17.8 Å². The molecule has 0 radical (unpaired) electrons. The van der Waals surface area contributed by atoms with Crippen molar-refractivity contribution >= 4 is 11.8 Å². The molecule has 0 spiro atoms. The van der Waals surface area contributed by atoms with E-state index in [1.807, 2.05) is 12.1 Å². The number of nitrogens with one attached hydrogen (secondary N) is 2. The first-order valence-corrected chi connectivity index (χ1v) is 8.33. The minimum atomic E-state index is -0.260. The summed E-state index contributed by atoms with van der Waals surface area (Å²) >= 11 is 0. The van der Waals surface area contributed by atoms with Gasteiger partial charge in [0.2, 0.25) is 5.91 Å². The number of carbonyl (C=O) groups is 2. The Kier molecular flexibility index (Phi) is 4.46. The number of rotatable bonds is 4. The van der Waals surface area contributed by atoms with Crippen LogP contribution in [0.15, 0.2) is 24.3 Å². The monoisotopic (exact) mass is 300 g/mol. The van der Waals surface area contributed by atoms with E-state index in [4.69, 9.17) is 0 Å². The van der Waals surface area contributed by atoms with Crippen molar-refractivity contribution in [2.45, 2.75) is 45.4 Å². The summed E-state index contributed by atoms with van der Waals surface area (Å²) in [6.45, 7) is 2.07. The lowest BCUT2D eigenvalue weighted by molar-refractivity contribution is -0.123. The molecule has 1 aromatic carbocycles. The number of benzene rings is 1. The fraction of sp³-hybridized carbons (Fsp3) is 0.556. The highest BCUT2D eigenvalue weighted by Gasteiger charge is 2.40. The van der Waals surface area contributed by atoms with Crippen molar-refractivity contribution in [1.82, 2.24) is 10.9 Å². The Labute approximate surface area is 131 Å². The standard InChI is InChI=1S/C18H24N2O2/c1-2-12-3-6-14(7-4-12)18(22)20-19-17(21)11-16-10-13-5-8-15(16)9-13/h3-4,6-7,13,15-16H,2,5,8-11H2,1H3,(H,19,21)(H,20,22)/t13-,15+,16-/m0/s1. The van der Waals surface area contributed by atoms with Crippen LogP contribution in [-0.2, 0) is 11.2 Å². The highest BCUT2D eigenvalue weighted by molar-refractivity contribution is 5.95. The second-order valence-corrected chi connectivity index (χ2v) is 6.69. The molecule has 2 saturated carbocycles. The van der Waals surface area contributed by atoms with E-state index in [2.05, 4.69) is 17.8 Å². The molecule has 2 aliphatic rings. The molecule has 3 atom stereocenters. The number of hydrogen-bond donors (Lipinski definition) is 2. The van der Waals surface area contributed by atoms with Crippen molar-refractivity contribution in [3.05, 3.63) is 35.4 Å². The molecule has 2 aliphatic carbocycles. The Hall–Kier alpha value is -1.84. The van der Waals surface area contributed by atoms with Gasteiger partial charge in [0, 0.05) is 12.0 Å². The number of aryl methyl sites for hydroxylation is 1. The summed E-state index contributed by atoms with van der Waals surface area (Å²) < 4.78 is 0. The van der Waals surface area contributed by atoms with E-state index < -0.39 is 0 Å². The van der Waals surface area contributed by atoms with E-state index in [9.17, 15) is 9.59 Å². The highest BCUT2D eigenvalue weighted by atomic mass is 16.2. The molecule has 2 amide bonds. The van der Waals surface area contributed by atoms with E-state index in [0.29, 0.717) is 17.9 Å². The van der Waals surface area contributed by atoms with Gasteiger partial charge in [0.05, 0.1) is 0 Å². The van der Waals surface area contributed by atoms with Gasteiger partial charge in [0.25, 0.3) is 5.91 Å². The molecule has 2 N–H and O–H groups in total. The smallest absolute Gasteiger partial charge is 0.269 e. The topological polar surface area (TPSA) is 58.2 Å². The van der Waals surface area contributed by atoms with Crippen LogP contribution in [0.5, 0.6) is 0 Å². The molecule has 3 rings (SSSR count). The first-order valence-electron chi connectivity index (χ1n) is 8.33. The summed E-state index contributed by atoms with van der Waals surface area (Å²) in [6, 6.07) is 7.45. The van der Waals surface area contributed by atoms with Crippen LogP contribution >= 0.6 is 0 Å². The molecule has 0 aliphatic heterocycles. The molecular formula is C18H24N2O2. The first-order chi connectivity index (χ1) is 10.7. The number of hydrazine groups is 1. The third kappa shape index (κ3) is 3.32. The maximum atomic E-state index is 12.0. The summed E-state index contributed by atoms with van der Waals surface area (Å²) in [5, 5.41) is 0. The summed E-state index contributed by atoms with van der Waals surface area (Å²) in [5.41, 5.74) is 6.83. The minimum absolute atomic E-state index is 0.0731. The van der Waals surface area contributed by atoms with Crippen LogP contribution in [0.25, 0.3) is 0 Å². The van der Waals surface area contributed by atoms with Crippen LogP contribution in [0.2, 0.25) is 0 Å². The van der Waals surface area contributed by atoms with E-state index in [1.54, 1.807) is 12.1 Å². The summed E-state index contributed by atoms with van der Waals surface area (Å²) in [7, 11) is 0. The quantitative estimate of drug-likeness (QED) is 0.840. The van der Waals surface area contributed by atoms with Gasteiger partial charge in [-0.05, 0) is 61.1 Å². The number of carbonyl (C=O) groups excluding carboxylic acids is 2. The fourth-order valence-electron chi connectivity index (χ4n) is 4.01. The summed E-state index contributed by atoms with van der Waals surface area (Å²) in [5.74, 6) is 1.75. The molecule has 22 heavy (non-hydrogen) atoms. The predicted molar refractivity (Wildman–Crippen MR) is 85.0 cm³/mol. The van der Waals surface area contributed by atoms with Crippen LogP contribution in [0.3, 0.4) is 0 Å². The molecule has 0 aromatic heterocycles. The van der Waals surface area contributed by atoms with Gasteiger partial charge in [-0.3, -0.25) is 20.4 Å². The molecule has 0 heterocycles. The molecule has 4 nitrogen and oxygen atoms in total. The molecular weight excluding hydrogens is 276 g/mol.